The average molecular weight is 177 g/mol. The van der Waals surface area contributed by atoms with Crippen LogP contribution in [-0.2, 0) is 4.79 Å². The molecule has 0 amide bonds. The predicted octanol–water partition coefficient (Wildman–Crippen LogP) is 1.82. The summed E-state index contributed by atoms with van der Waals surface area (Å²) in [7, 11) is 1.62. The minimum Gasteiger partial charge on any atom is -0.497 e. The van der Waals surface area contributed by atoms with Crippen LogP contribution in [0.4, 0.5) is 5.69 Å². The van der Waals surface area contributed by atoms with E-state index in [0.717, 1.165) is 17.7 Å². The van der Waals surface area contributed by atoms with Gasteiger partial charge in [-0.25, -0.2) is 0 Å². The molecule has 0 heterocycles. The summed E-state index contributed by atoms with van der Waals surface area (Å²) < 4.78 is 4.99. The van der Waals surface area contributed by atoms with Crippen molar-refractivity contribution in [1.82, 2.24) is 0 Å². The maximum atomic E-state index is 9.95. The molecule has 0 atom stereocenters. The van der Waals surface area contributed by atoms with Crippen molar-refractivity contribution in [2.75, 3.05) is 12.4 Å². The van der Waals surface area contributed by atoms with Crippen LogP contribution in [0, 0.1) is 0 Å². The molecule has 1 aromatic carbocycles. The van der Waals surface area contributed by atoms with Crippen LogP contribution in [0.15, 0.2) is 36.5 Å². The topological polar surface area (TPSA) is 38.3 Å². The van der Waals surface area contributed by atoms with Crippen LogP contribution in [0.1, 0.15) is 0 Å². The number of nitrogens with one attached hydrogen (secondary N) is 1. The highest BCUT2D eigenvalue weighted by Crippen LogP contribution is 2.14. The normalized spacial score (nSPS) is 9.92. The van der Waals surface area contributed by atoms with Crippen molar-refractivity contribution in [2.45, 2.75) is 0 Å². The van der Waals surface area contributed by atoms with E-state index in [-0.39, 0.29) is 0 Å². The van der Waals surface area contributed by atoms with E-state index in [4.69, 9.17) is 4.74 Å². The third-order valence-corrected chi connectivity index (χ3v) is 1.51. The summed E-state index contributed by atoms with van der Waals surface area (Å²) in [5.74, 6) is 0.810. The minimum absolute atomic E-state index is 0.719. The molecule has 0 aliphatic carbocycles. The fraction of sp³-hybridized carbons (Fsp3) is 0.100. The van der Waals surface area contributed by atoms with Crippen molar-refractivity contribution in [3.63, 3.8) is 0 Å². The molecular formula is C10H11NO2. The average Bonchev–Trinajstić information content (AvgIpc) is 2.19. The van der Waals surface area contributed by atoms with E-state index in [1.807, 2.05) is 24.3 Å². The molecule has 68 valence electrons. The Labute approximate surface area is 77.0 Å². The molecule has 0 radical (unpaired) electrons. The number of ether oxygens (including phenoxy) is 1. The molecule has 0 bridgehead atoms. The first-order valence-electron chi connectivity index (χ1n) is 3.87. The summed E-state index contributed by atoms with van der Waals surface area (Å²) in [6.07, 6.45) is 3.69. The number of benzene rings is 1. The van der Waals surface area contributed by atoms with E-state index >= 15 is 0 Å². The Morgan fingerprint density at radius 2 is 2.00 bits per heavy atom. The van der Waals surface area contributed by atoms with Crippen molar-refractivity contribution in [1.29, 1.82) is 0 Å². The van der Waals surface area contributed by atoms with Gasteiger partial charge in [0.1, 0.15) is 12.0 Å². The van der Waals surface area contributed by atoms with Gasteiger partial charge in [0.2, 0.25) is 0 Å². The monoisotopic (exact) mass is 177 g/mol. The van der Waals surface area contributed by atoms with Crippen LogP contribution >= 0.6 is 0 Å². The Hall–Kier alpha value is -1.77. The van der Waals surface area contributed by atoms with Crippen molar-refractivity contribution < 1.29 is 9.53 Å². The van der Waals surface area contributed by atoms with Gasteiger partial charge in [-0.05, 0) is 30.3 Å². The molecule has 0 unspecified atom stereocenters. The molecule has 0 fully saturated rings. The fourth-order valence-corrected chi connectivity index (χ4v) is 0.871. The molecule has 1 rings (SSSR count). The highest BCUT2D eigenvalue weighted by Gasteiger charge is 1.89. The first-order valence-corrected chi connectivity index (χ1v) is 3.87. The Morgan fingerprint density at radius 1 is 1.31 bits per heavy atom. The van der Waals surface area contributed by atoms with Crippen LogP contribution in [0.5, 0.6) is 5.75 Å². The van der Waals surface area contributed by atoms with Crippen molar-refractivity contribution in [3.8, 4) is 5.75 Å². The summed E-state index contributed by atoms with van der Waals surface area (Å²) in [4.78, 5) is 9.95. The van der Waals surface area contributed by atoms with E-state index in [2.05, 4.69) is 5.32 Å². The maximum absolute atomic E-state index is 9.95. The lowest BCUT2D eigenvalue weighted by atomic mass is 10.3. The Bertz CT molecular complexity index is 290. The van der Waals surface area contributed by atoms with Crippen LogP contribution in [0.2, 0.25) is 0 Å². The van der Waals surface area contributed by atoms with E-state index in [0.29, 0.717) is 0 Å². The van der Waals surface area contributed by atoms with Gasteiger partial charge in [-0.15, -0.1) is 0 Å². The molecule has 0 spiro atoms. The Kier molecular flexibility index (Phi) is 3.57. The minimum atomic E-state index is 0.719. The fourth-order valence-electron chi connectivity index (χ4n) is 0.871. The molecule has 1 N–H and O–H groups in total. The van der Waals surface area contributed by atoms with Crippen molar-refractivity contribution in [3.05, 3.63) is 36.5 Å². The Balaban J connectivity index is 2.58. The van der Waals surface area contributed by atoms with Gasteiger partial charge in [-0.1, -0.05) is 0 Å². The van der Waals surface area contributed by atoms with E-state index in [1.54, 1.807) is 13.3 Å². The van der Waals surface area contributed by atoms with Gasteiger partial charge < -0.3 is 10.1 Å². The number of hydrogen-bond donors (Lipinski definition) is 1. The van der Waals surface area contributed by atoms with Gasteiger partial charge in [0.15, 0.2) is 0 Å². The Morgan fingerprint density at radius 3 is 2.54 bits per heavy atom. The molecule has 0 aromatic heterocycles. The standard InChI is InChI=1S/C10H11NO2/c1-13-10-5-3-9(4-6-10)11-7-2-8-12/h2-8,11H,1H3. The predicted molar refractivity (Wildman–Crippen MR) is 51.8 cm³/mol. The molecule has 0 saturated carbocycles. The second-order valence-corrected chi connectivity index (χ2v) is 2.37. The summed E-state index contributed by atoms with van der Waals surface area (Å²) >= 11 is 0. The van der Waals surface area contributed by atoms with E-state index in [1.165, 1.54) is 6.08 Å². The van der Waals surface area contributed by atoms with Crippen molar-refractivity contribution >= 4 is 12.0 Å². The number of hydrogen-bond acceptors (Lipinski definition) is 3. The third kappa shape index (κ3) is 2.99. The second-order valence-electron chi connectivity index (χ2n) is 2.37. The van der Waals surface area contributed by atoms with Gasteiger partial charge in [-0.2, -0.15) is 0 Å². The molecule has 0 saturated heterocycles. The molecular weight excluding hydrogens is 166 g/mol. The number of carbonyl (C=O) groups is 1. The van der Waals surface area contributed by atoms with Gasteiger partial charge in [0.05, 0.1) is 7.11 Å². The molecule has 3 nitrogen and oxygen atoms in total. The molecule has 13 heavy (non-hydrogen) atoms. The lowest BCUT2D eigenvalue weighted by Crippen LogP contribution is -1.87. The number of anilines is 1. The van der Waals surface area contributed by atoms with Crippen LogP contribution in [0.3, 0.4) is 0 Å². The van der Waals surface area contributed by atoms with E-state index in [9.17, 15) is 4.79 Å². The molecule has 0 aliphatic rings. The molecule has 1 aromatic rings. The van der Waals surface area contributed by atoms with Crippen molar-refractivity contribution in [2.24, 2.45) is 0 Å². The first kappa shape index (κ1) is 9.32. The zero-order valence-corrected chi connectivity index (χ0v) is 7.36. The summed E-state index contributed by atoms with van der Waals surface area (Å²) in [5.41, 5.74) is 0.916. The number of carbonyl (C=O) groups excluding carboxylic acids is 1. The summed E-state index contributed by atoms with van der Waals surface area (Å²) in [5, 5.41) is 2.93. The number of methoxy groups -OCH3 is 1. The van der Waals surface area contributed by atoms with Gasteiger partial charge in [0, 0.05) is 11.9 Å². The number of allylic oxidation sites excluding steroid dienone is 1. The van der Waals surface area contributed by atoms with Crippen LogP contribution in [-0.4, -0.2) is 13.4 Å². The molecule has 3 heteroatoms. The van der Waals surface area contributed by atoms with Crippen LogP contribution < -0.4 is 10.1 Å². The van der Waals surface area contributed by atoms with Gasteiger partial charge >= 0.3 is 0 Å². The molecule has 0 aliphatic heterocycles. The SMILES string of the molecule is COc1ccc(NC=CC=O)cc1. The quantitative estimate of drug-likeness (QED) is 0.563. The summed E-state index contributed by atoms with van der Waals surface area (Å²) in [6.45, 7) is 0. The van der Waals surface area contributed by atoms with Gasteiger partial charge in [0.25, 0.3) is 0 Å². The highest BCUT2D eigenvalue weighted by atomic mass is 16.5. The lowest BCUT2D eigenvalue weighted by Gasteiger charge is -2.01. The third-order valence-electron chi connectivity index (χ3n) is 1.51. The van der Waals surface area contributed by atoms with Crippen LogP contribution in [0.25, 0.3) is 0 Å². The van der Waals surface area contributed by atoms with E-state index < -0.39 is 0 Å². The summed E-state index contributed by atoms with van der Waals surface area (Å²) in [6, 6.07) is 7.43. The second kappa shape index (κ2) is 4.98. The smallest absolute Gasteiger partial charge is 0.144 e. The largest absolute Gasteiger partial charge is 0.497 e. The highest BCUT2D eigenvalue weighted by molar-refractivity contribution is 5.65. The van der Waals surface area contributed by atoms with Gasteiger partial charge in [-0.3, -0.25) is 4.79 Å². The number of aldehydes is 1. The first-order chi connectivity index (χ1) is 6.36. The maximum Gasteiger partial charge on any atom is 0.144 e. The zero-order valence-electron chi connectivity index (χ0n) is 7.36. The lowest BCUT2D eigenvalue weighted by molar-refractivity contribution is -0.104. The number of rotatable bonds is 4. The zero-order chi connectivity index (χ0) is 9.52.